The van der Waals surface area contributed by atoms with Crippen molar-refractivity contribution in [1.82, 2.24) is 14.9 Å². The lowest BCUT2D eigenvalue weighted by Crippen LogP contribution is -2.24. The molecule has 1 aliphatic carbocycles. The Hall–Kier alpha value is -2.91. The predicted octanol–water partition coefficient (Wildman–Crippen LogP) is 4.25. The molecule has 0 radical (unpaired) electrons. The van der Waals surface area contributed by atoms with Crippen LogP contribution >= 0.6 is 23.1 Å². The SMILES string of the molecule is C=CCn1c(SCC(=O)Nc2cccc(C(=O)NCC)c2)nc2sc3c(c2c1=O)CCC(C)C3. The van der Waals surface area contributed by atoms with Gasteiger partial charge in [0.25, 0.3) is 11.5 Å². The lowest BCUT2D eigenvalue weighted by molar-refractivity contribution is -0.113. The Morgan fingerprint density at radius 3 is 2.97 bits per heavy atom. The van der Waals surface area contributed by atoms with Gasteiger partial charge in [0.05, 0.1) is 11.1 Å². The van der Waals surface area contributed by atoms with Crippen LogP contribution in [0.4, 0.5) is 5.69 Å². The highest BCUT2D eigenvalue weighted by atomic mass is 32.2. The van der Waals surface area contributed by atoms with Crippen molar-refractivity contribution < 1.29 is 9.59 Å². The van der Waals surface area contributed by atoms with Gasteiger partial charge in [-0.25, -0.2) is 4.98 Å². The molecule has 178 valence electrons. The van der Waals surface area contributed by atoms with Gasteiger partial charge in [0.15, 0.2) is 5.16 Å². The maximum atomic E-state index is 13.4. The Labute approximate surface area is 206 Å². The van der Waals surface area contributed by atoms with Gasteiger partial charge in [-0.15, -0.1) is 17.9 Å². The van der Waals surface area contributed by atoms with Crippen LogP contribution in [0, 0.1) is 5.92 Å². The Bertz CT molecular complexity index is 1310. The molecule has 0 aliphatic heterocycles. The zero-order valence-electron chi connectivity index (χ0n) is 19.3. The maximum Gasteiger partial charge on any atom is 0.263 e. The number of rotatable bonds is 8. The van der Waals surface area contributed by atoms with Gasteiger partial charge in [0, 0.05) is 29.2 Å². The number of aromatic nitrogens is 2. The number of amides is 2. The van der Waals surface area contributed by atoms with Gasteiger partial charge in [-0.3, -0.25) is 19.0 Å². The van der Waals surface area contributed by atoms with Crippen molar-refractivity contribution in [2.45, 2.75) is 44.8 Å². The van der Waals surface area contributed by atoms with Crippen LogP contribution in [-0.4, -0.2) is 33.7 Å². The molecule has 4 rings (SSSR count). The third kappa shape index (κ3) is 5.10. The average molecular weight is 497 g/mol. The molecule has 2 amide bonds. The minimum Gasteiger partial charge on any atom is -0.352 e. The van der Waals surface area contributed by atoms with Crippen LogP contribution in [0.15, 0.2) is 46.9 Å². The quantitative estimate of drug-likeness (QED) is 0.276. The second kappa shape index (κ2) is 10.6. The number of carbonyl (C=O) groups excluding carboxylic acids is 2. The highest BCUT2D eigenvalue weighted by Gasteiger charge is 2.24. The summed E-state index contributed by atoms with van der Waals surface area (Å²) in [6.45, 7) is 8.74. The number of thioether (sulfide) groups is 1. The first-order chi connectivity index (χ1) is 16.4. The van der Waals surface area contributed by atoms with Crippen molar-refractivity contribution in [2.75, 3.05) is 17.6 Å². The van der Waals surface area contributed by atoms with Crippen LogP contribution in [0.1, 0.15) is 41.1 Å². The summed E-state index contributed by atoms with van der Waals surface area (Å²) in [4.78, 5) is 44.9. The molecule has 0 saturated heterocycles. The number of thiophene rings is 1. The number of allylic oxidation sites excluding steroid dienone is 1. The molecule has 1 aliphatic rings. The van der Waals surface area contributed by atoms with Crippen LogP contribution in [-0.2, 0) is 24.2 Å². The summed E-state index contributed by atoms with van der Waals surface area (Å²) in [5.41, 5.74) is 2.11. The third-order valence-corrected chi connectivity index (χ3v) is 7.89. The number of aryl methyl sites for hydroxylation is 1. The van der Waals surface area contributed by atoms with E-state index in [1.807, 2.05) is 6.92 Å². The standard InChI is InChI=1S/C25H28N4O3S2/c1-4-11-29-24(32)21-18-10-9-15(3)12-19(18)34-23(21)28-25(29)33-14-20(30)27-17-8-6-7-16(13-17)22(31)26-5-2/h4,6-8,13,15H,1,5,9-12,14H2,2-3H3,(H,26,31)(H,27,30). The molecule has 7 nitrogen and oxygen atoms in total. The molecule has 0 spiro atoms. The topological polar surface area (TPSA) is 93.1 Å². The first-order valence-electron chi connectivity index (χ1n) is 11.4. The van der Waals surface area contributed by atoms with E-state index in [0.717, 1.165) is 35.0 Å². The first-order valence-corrected chi connectivity index (χ1v) is 13.2. The summed E-state index contributed by atoms with van der Waals surface area (Å²) in [6, 6.07) is 6.80. The highest BCUT2D eigenvalue weighted by molar-refractivity contribution is 7.99. The summed E-state index contributed by atoms with van der Waals surface area (Å²) in [5, 5.41) is 6.80. The molecule has 9 heteroatoms. The molecule has 0 bridgehead atoms. The molecule has 1 atom stereocenters. The van der Waals surface area contributed by atoms with E-state index >= 15 is 0 Å². The molecule has 3 aromatic rings. The van der Waals surface area contributed by atoms with E-state index in [4.69, 9.17) is 4.98 Å². The molecule has 1 aromatic carbocycles. The van der Waals surface area contributed by atoms with Crippen LogP contribution in [0.5, 0.6) is 0 Å². The Morgan fingerprint density at radius 2 is 2.21 bits per heavy atom. The largest absolute Gasteiger partial charge is 0.352 e. The highest BCUT2D eigenvalue weighted by Crippen LogP contribution is 2.36. The monoisotopic (exact) mass is 496 g/mol. The maximum absolute atomic E-state index is 13.4. The number of anilines is 1. The van der Waals surface area contributed by atoms with E-state index < -0.39 is 0 Å². The molecule has 0 saturated carbocycles. The van der Waals surface area contributed by atoms with Gasteiger partial charge in [0.1, 0.15) is 4.83 Å². The number of hydrogen-bond acceptors (Lipinski definition) is 6. The van der Waals surface area contributed by atoms with E-state index in [0.29, 0.717) is 35.4 Å². The molecular weight excluding hydrogens is 468 g/mol. The van der Waals surface area contributed by atoms with Crippen LogP contribution in [0.2, 0.25) is 0 Å². The van der Waals surface area contributed by atoms with Gasteiger partial charge >= 0.3 is 0 Å². The second-order valence-electron chi connectivity index (χ2n) is 8.41. The minimum absolute atomic E-state index is 0.0606. The van der Waals surface area contributed by atoms with Crippen LogP contribution in [0.25, 0.3) is 10.2 Å². The number of benzene rings is 1. The Balaban J connectivity index is 1.54. The number of carbonyl (C=O) groups is 2. The smallest absolute Gasteiger partial charge is 0.263 e. The Morgan fingerprint density at radius 1 is 1.38 bits per heavy atom. The van der Waals surface area contributed by atoms with E-state index in [-0.39, 0.29) is 23.1 Å². The molecule has 34 heavy (non-hydrogen) atoms. The molecular formula is C25H28N4O3S2. The van der Waals surface area contributed by atoms with Crippen molar-refractivity contribution in [3.05, 3.63) is 63.3 Å². The van der Waals surface area contributed by atoms with E-state index in [2.05, 4.69) is 24.1 Å². The summed E-state index contributed by atoms with van der Waals surface area (Å²) in [7, 11) is 0. The van der Waals surface area contributed by atoms with E-state index in [1.165, 1.54) is 16.6 Å². The number of fused-ring (bicyclic) bond motifs is 3. The van der Waals surface area contributed by atoms with Gasteiger partial charge in [0.2, 0.25) is 5.91 Å². The number of nitrogens with one attached hydrogen (secondary N) is 2. The van der Waals surface area contributed by atoms with Crippen molar-refractivity contribution in [3.8, 4) is 0 Å². The van der Waals surface area contributed by atoms with Gasteiger partial charge < -0.3 is 10.6 Å². The van der Waals surface area contributed by atoms with Crippen LogP contribution in [0.3, 0.4) is 0 Å². The average Bonchev–Trinajstić information content (AvgIpc) is 3.17. The molecule has 0 fully saturated rings. The summed E-state index contributed by atoms with van der Waals surface area (Å²) in [6.07, 6.45) is 4.65. The molecule has 2 N–H and O–H groups in total. The van der Waals surface area contributed by atoms with Crippen molar-refractivity contribution in [2.24, 2.45) is 5.92 Å². The second-order valence-corrected chi connectivity index (χ2v) is 10.4. The fourth-order valence-electron chi connectivity index (χ4n) is 4.13. The van der Waals surface area contributed by atoms with Crippen molar-refractivity contribution in [1.29, 1.82) is 0 Å². The van der Waals surface area contributed by atoms with E-state index in [1.54, 1.807) is 46.2 Å². The molecule has 1 unspecified atom stereocenters. The van der Waals surface area contributed by atoms with Crippen LogP contribution < -0.4 is 16.2 Å². The summed E-state index contributed by atoms with van der Waals surface area (Å²) < 4.78 is 1.61. The first kappa shape index (κ1) is 24.2. The number of hydrogen-bond donors (Lipinski definition) is 2. The lowest BCUT2D eigenvalue weighted by atomic mass is 9.89. The Kier molecular flexibility index (Phi) is 7.53. The fourth-order valence-corrected chi connectivity index (χ4v) is 6.37. The predicted molar refractivity (Wildman–Crippen MR) is 139 cm³/mol. The molecule has 2 heterocycles. The number of nitrogens with zero attached hydrogens (tertiary/aromatic N) is 2. The van der Waals surface area contributed by atoms with Crippen molar-refractivity contribution in [3.63, 3.8) is 0 Å². The van der Waals surface area contributed by atoms with Gasteiger partial charge in [-0.1, -0.05) is 30.8 Å². The van der Waals surface area contributed by atoms with Crippen molar-refractivity contribution >= 4 is 50.8 Å². The van der Waals surface area contributed by atoms with Gasteiger partial charge in [-0.2, -0.15) is 0 Å². The zero-order chi connectivity index (χ0) is 24.2. The lowest BCUT2D eigenvalue weighted by Gasteiger charge is -2.17. The van der Waals surface area contributed by atoms with E-state index in [9.17, 15) is 14.4 Å². The summed E-state index contributed by atoms with van der Waals surface area (Å²) in [5.74, 6) is 0.270. The molecule has 2 aromatic heterocycles. The zero-order valence-corrected chi connectivity index (χ0v) is 21.0. The normalized spacial score (nSPS) is 15.1. The van der Waals surface area contributed by atoms with Gasteiger partial charge in [-0.05, 0) is 55.9 Å². The summed E-state index contributed by atoms with van der Waals surface area (Å²) >= 11 is 2.83. The minimum atomic E-state index is -0.239. The fraction of sp³-hybridized carbons (Fsp3) is 0.360. The third-order valence-electron chi connectivity index (χ3n) is 5.77.